The van der Waals surface area contributed by atoms with E-state index in [1.54, 1.807) is 27.6 Å². The number of amides is 4. The number of likely N-dealkylation sites (tertiary alicyclic amines) is 2. The molecule has 0 aliphatic carbocycles. The summed E-state index contributed by atoms with van der Waals surface area (Å²) in [4.78, 5) is 44.6. The van der Waals surface area contributed by atoms with Crippen molar-refractivity contribution >= 4 is 29.0 Å². The number of hydrogen-bond acceptors (Lipinski definition) is 8. The number of hydrogen-bond donors (Lipinski definition) is 3. The summed E-state index contributed by atoms with van der Waals surface area (Å²) in [6.45, 7) is 9.19. The topological polar surface area (TPSA) is 133 Å². The zero-order chi connectivity index (χ0) is 40.6. The van der Waals surface area contributed by atoms with Gasteiger partial charge in [0.15, 0.2) is 0 Å². The van der Waals surface area contributed by atoms with Crippen molar-refractivity contribution in [1.82, 2.24) is 35.0 Å². The number of rotatable bonds is 10. The van der Waals surface area contributed by atoms with Crippen LogP contribution in [0.3, 0.4) is 0 Å². The number of carbonyl (C=O) groups excluding carboxylic acids is 3. The maximum absolute atomic E-state index is 15.6. The molecule has 3 aliphatic rings. The number of halogens is 2. The first-order valence-corrected chi connectivity index (χ1v) is 19.9. The molecule has 3 fully saturated rings. The van der Waals surface area contributed by atoms with Crippen LogP contribution in [0.5, 0.6) is 0 Å². The summed E-state index contributed by atoms with van der Waals surface area (Å²) in [5.41, 5.74) is 5.98. The molecule has 0 bridgehead atoms. The lowest BCUT2D eigenvalue weighted by molar-refractivity contribution is -0.133. The summed E-state index contributed by atoms with van der Waals surface area (Å²) in [6.07, 6.45) is 5.94. The molecule has 5 heterocycles. The second-order valence-corrected chi connectivity index (χ2v) is 16.5. The molecule has 4 amide bonds. The van der Waals surface area contributed by atoms with Gasteiger partial charge in [-0.25, -0.2) is 23.1 Å². The SMILES string of the molecule is CC(C)(C)OC1CN(C(=O)NCc2ccc(-c3ncnn4cc(-c5ccc(CN6CCC(c7ccc(NC8CCC(=O)NC8=O)cc7)CC6)c(F)c5)cc34)cc2F)C1. The highest BCUT2D eigenvalue weighted by Gasteiger charge is 2.34. The lowest BCUT2D eigenvalue weighted by Gasteiger charge is -2.41. The molecular weight excluding hydrogens is 743 g/mol. The zero-order valence-electron chi connectivity index (χ0n) is 32.9. The maximum Gasteiger partial charge on any atom is 0.317 e. The van der Waals surface area contributed by atoms with Crippen molar-refractivity contribution in [2.24, 2.45) is 0 Å². The van der Waals surface area contributed by atoms with Gasteiger partial charge in [0.1, 0.15) is 24.0 Å². The van der Waals surface area contributed by atoms with E-state index in [4.69, 9.17) is 4.74 Å². The Hall–Kier alpha value is -5.73. The van der Waals surface area contributed by atoms with Crippen molar-refractivity contribution in [3.05, 3.63) is 108 Å². The van der Waals surface area contributed by atoms with E-state index >= 15 is 8.78 Å². The summed E-state index contributed by atoms with van der Waals surface area (Å²) >= 11 is 0. The van der Waals surface area contributed by atoms with Crippen LogP contribution in [0.1, 0.15) is 69.1 Å². The van der Waals surface area contributed by atoms with Gasteiger partial charge in [-0.15, -0.1) is 0 Å². The average molecular weight is 791 g/mol. The Morgan fingerprint density at radius 3 is 2.31 bits per heavy atom. The first-order valence-electron chi connectivity index (χ1n) is 19.9. The van der Waals surface area contributed by atoms with Crippen LogP contribution in [0.4, 0.5) is 19.3 Å². The van der Waals surface area contributed by atoms with Gasteiger partial charge in [-0.2, -0.15) is 5.10 Å². The Bertz CT molecular complexity index is 2330. The van der Waals surface area contributed by atoms with Crippen molar-refractivity contribution in [3.63, 3.8) is 0 Å². The van der Waals surface area contributed by atoms with E-state index in [9.17, 15) is 14.4 Å². The summed E-state index contributed by atoms with van der Waals surface area (Å²) in [5.74, 6) is -0.868. The Kier molecular flexibility index (Phi) is 11.0. The molecule has 12 nitrogen and oxygen atoms in total. The number of carbonyl (C=O) groups is 3. The second kappa shape index (κ2) is 16.3. The fourth-order valence-electron chi connectivity index (χ4n) is 8.01. The van der Waals surface area contributed by atoms with Gasteiger partial charge in [0, 0.05) is 53.6 Å². The number of nitrogens with one attached hydrogen (secondary N) is 3. The monoisotopic (exact) mass is 790 g/mol. The van der Waals surface area contributed by atoms with E-state index in [1.165, 1.54) is 18.0 Å². The molecule has 5 aromatic rings. The molecule has 8 rings (SSSR count). The normalized spacial score (nSPS) is 18.3. The molecule has 3 aliphatic heterocycles. The number of nitrogens with zero attached hydrogens (tertiary/aromatic N) is 5. The Morgan fingerprint density at radius 2 is 1.60 bits per heavy atom. The molecule has 58 heavy (non-hydrogen) atoms. The van der Waals surface area contributed by atoms with Gasteiger partial charge < -0.3 is 20.3 Å². The standard InChI is InChI=1S/C44H48F2N8O4/c1-44(2,3)58-35-24-53(25-35)43(57)47-21-31-6-5-30(19-36(31)45)41-39-20-33(23-54(39)49-26-48-41)29-4-7-32(37(46)18-29)22-52-16-14-28(15-17-52)27-8-10-34(11-9-27)50-38-12-13-40(55)51-42(38)56/h4-11,18-20,23,26,28,35,38,50H,12-17,21-22,24-25H2,1-3H3,(H,47,57)(H,51,55,56). The highest BCUT2D eigenvalue weighted by Crippen LogP contribution is 2.33. The summed E-state index contributed by atoms with van der Waals surface area (Å²) in [5, 5.41) is 12.8. The number of imide groups is 1. The van der Waals surface area contributed by atoms with E-state index in [-0.39, 0.29) is 41.9 Å². The maximum atomic E-state index is 15.6. The number of benzene rings is 3. The minimum absolute atomic E-state index is 0.00221. The van der Waals surface area contributed by atoms with Crippen molar-refractivity contribution in [2.75, 3.05) is 31.5 Å². The average Bonchev–Trinajstić information content (AvgIpc) is 3.63. The third-order valence-corrected chi connectivity index (χ3v) is 11.1. The minimum Gasteiger partial charge on any atom is -0.374 e. The van der Waals surface area contributed by atoms with Crippen molar-refractivity contribution in [1.29, 1.82) is 0 Å². The highest BCUT2D eigenvalue weighted by atomic mass is 19.1. The number of urea groups is 1. The molecule has 14 heteroatoms. The second-order valence-electron chi connectivity index (χ2n) is 16.5. The third kappa shape index (κ3) is 8.87. The smallest absolute Gasteiger partial charge is 0.317 e. The molecule has 1 unspecified atom stereocenters. The van der Waals surface area contributed by atoms with Crippen molar-refractivity contribution in [2.45, 2.75) is 83.2 Å². The fourth-order valence-corrected chi connectivity index (χ4v) is 8.01. The van der Waals surface area contributed by atoms with Crippen molar-refractivity contribution in [3.8, 4) is 22.4 Å². The lowest BCUT2D eigenvalue weighted by Crippen LogP contribution is -2.59. The van der Waals surface area contributed by atoms with E-state index in [0.29, 0.717) is 71.9 Å². The van der Waals surface area contributed by atoms with Crippen LogP contribution >= 0.6 is 0 Å². The largest absolute Gasteiger partial charge is 0.374 e. The molecule has 1 atom stereocenters. The molecule has 0 radical (unpaired) electrons. The third-order valence-electron chi connectivity index (χ3n) is 11.1. The Morgan fingerprint density at radius 1 is 0.897 bits per heavy atom. The van der Waals surface area contributed by atoms with Crippen LogP contribution in [0.2, 0.25) is 0 Å². The number of piperidine rings is 2. The van der Waals surface area contributed by atoms with Crippen LogP contribution in [0.25, 0.3) is 27.9 Å². The van der Waals surface area contributed by atoms with E-state index in [2.05, 4.69) is 43.1 Å². The number of ether oxygens (including phenoxy) is 1. The van der Waals surface area contributed by atoms with E-state index < -0.39 is 11.9 Å². The summed E-state index contributed by atoms with van der Waals surface area (Å²) in [6, 6.07) is 19.5. The van der Waals surface area contributed by atoms with Gasteiger partial charge in [-0.3, -0.25) is 19.8 Å². The van der Waals surface area contributed by atoms with Gasteiger partial charge in [0.25, 0.3) is 0 Å². The van der Waals surface area contributed by atoms with Crippen LogP contribution in [0.15, 0.2) is 79.3 Å². The lowest BCUT2D eigenvalue weighted by atomic mass is 9.89. The molecule has 3 saturated heterocycles. The molecule has 0 saturated carbocycles. The summed E-state index contributed by atoms with van der Waals surface area (Å²) in [7, 11) is 0. The number of anilines is 1. The first kappa shape index (κ1) is 39.1. The predicted octanol–water partition coefficient (Wildman–Crippen LogP) is 6.65. The van der Waals surface area contributed by atoms with E-state index in [0.717, 1.165) is 37.2 Å². The highest BCUT2D eigenvalue weighted by molar-refractivity contribution is 6.01. The minimum atomic E-state index is -0.462. The molecule has 0 spiro atoms. The molecule has 3 N–H and O–H groups in total. The van der Waals surface area contributed by atoms with Crippen LogP contribution < -0.4 is 16.0 Å². The molecule has 302 valence electrons. The molecule has 2 aromatic heterocycles. The quantitative estimate of drug-likeness (QED) is 0.134. The van der Waals surface area contributed by atoms with Crippen LogP contribution in [-0.4, -0.2) is 86.2 Å². The number of fused-ring (bicyclic) bond motifs is 1. The Labute approximate surface area is 336 Å². The van der Waals surface area contributed by atoms with Crippen molar-refractivity contribution < 1.29 is 27.9 Å². The predicted molar refractivity (Wildman–Crippen MR) is 216 cm³/mol. The van der Waals surface area contributed by atoms with Gasteiger partial charge >= 0.3 is 6.03 Å². The van der Waals surface area contributed by atoms with Crippen LogP contribution in [0, 0.1) is 11.6 Å². The Balaban J connectivity index is 0.855. The van der Waals surface area contributed by atoms with Gasteiger partial charge in [-0.1, -0.05) is 36.4 Å². The van der Waals surface area contributed by atoms with Crippen LogP contribution in [-0.2, 0) is 27.4 Å². The first-order chi connectivity index (χ1) is 27.8. The zero-order valence-corrected chi connectivity index (χ0v) is 32.9. The van der Waals surface area contributed by atoms with E-state index in [1.807, 2.05) is 57.3 Å². The van der Waals surface area contributed by atoms with Gasteiger partial charge in [-0.05, 0) is 100 Å². The van der Waals surface area contributed by atoms with Gasteiger partial charge in [0.2, 0.25) is 11.8 Å². The van der Waals surface area contributed by atoms with Gasteiger partial charge in [0.05, 0.1) is 36.0 Å². The summed E-state index contributed by atoms with van der Waals surface area (Å²) < 4.78 is 38.5. The fraction of sp³-hybridized carbons (Fsp3) is 0.386. The molecular formula is C44H48F2N8O4. The number of aromatic nitrogens is 3. The molecule has 3 aromatic carbocycles.